The molecule has 88 valence electrons. The van der Waals surface area contributed by atoms with Crippen LogP contribution in [0, 0.1) is 11.3 Å². The van der Waals surface area contributed by atoms with Crippen LogP contribution in [0.5, 0.6) is 23.1 Å². The molecule has 0 spiro atoms. The number of rotatable bonds is 2. The third-order valence-electron chi connectivity index (χ3n) is 2.31. The molecule has 2 aromatic rings. The fourth-order valence-corrected chi connectivity index (χ4v) is 1.49. The maximum Gasteiger partial charge on any atom is 0.237 e. The van der Waals surface area contributed by atoms with Crippen molar-refractivity contribution < 1.29 is 14.2 Å². The minimum atomic E-state index is 0.218. The summed E-state index contributed by atoms with van der Waals surface area (Å²) in [5, 5.41) is 8.60. The molecule has 0 atom stereocenters. The number of nitrogens with zero attached hydrogens (tertiary/aromatic N) is 3. The third-order valence-corrected chi connectivity index (χ3v) is 2.31. The molecule has 1 aromatic carbocycles. The number of hydrogen-bond donors (Lipinski definition) is 0. The average Bonchev–Trinajstić information content (AvgIpc) is 2.87. The Balaban J connectivity index is 1.81. The van der Waals surface area contributed by atoms with E-state index in [0.717, 1.165) is 0 Å². The van der Waals surface area contributed by atoms with Gasteiger partial charge in [-0.25, -0.2) is 9.97 Å². The van der Waals surface area contributed by atoms with E-state index in [4.69, 9.17) is 19.5 Å². The summed E-state index contributed by atoms with van der Waals surface area (Å²) in [5.41, 5.74) is 0.244. The quantitative estimate of drug-likeness (QED) is 0.798. The molecular weight excluding hydrogens is 234 g/mol. The fraction of sp³-hybridized carbons (Fsp3) is 0.0833. The minimum Gasteiger partial charge on any atom is -0.454 e. The Morgan fingerprint density at radius 2 is 2.06 bits per heavy atom. The van der Waals surface area contributed by atoms with E-state index in [1.807, 2.05) is 6.07 Å². The van der Waals surface area contributed by atoms with Crippen LogP contribution in [0.2, 0.25) is 0 Å². The van der Waals surface area contributed by atoms with Gasteiger partial charge < -0.3 is 14.2 Å². The van der Waals surface area contributed by atoms with Crippen molar-refractivity contribution in [2.75, 3.05) is 6.79 Å². The van der Waals surface area contributed by atoms with Crippen LogP contribution in [0.15, 0.2) is 30.6 Å². The first-order chi connectivity index (χ1) is 8.85. The van der Waals surface area contributed by atoms with Gasteiger partial charge in [-0.15, -0.1) is 0 Å². The zero-order valence-electron chi connectivity index (χ0n) is 9.16. The van der Waals surface area contributed by atoms with E-state index in [1.165, 1.54) is 12.4 Å². The van der Waals surface area contributed by atoms with Crippen LogP contribution in [-0.4, -0.2) is 16.8 Å². The SMILES string of the molecule is N#Cc1cnc(Oc2ccc3c(c2)OCO3)cn1. The predicted molar refractivity (Wildman–Crippen MR) is 59.4 cm³/mol. The van der Waals surface area contributed by atoms with Gasteiger partial charge in [0.05, 0.1) is 12.4 Å². The summed E-state index contributed by atoms with van der Waals surface area (Å²) >= 11 is 0. The molecule has 2 heterocycles. The number of hydrogen-bond acceptors (Lipinski definition) is 6. The van der Waals surface area contributed by atoms with Crippen molar-refractivity contribution in [3.63, 3.8) is 0 Å². The van der Waals surface area contributed by atoms with Gasteiger partial charge in [-0.3, -0.25) is 0 Å². The Hall–Kier alpha value is -2.81. The first kappa shape index (κ1) is 10.4. The summed E-state index contributed by atoms with van der Waals surface area (Å²) in [6.07, 6.45) is 2.74. The fourth-order valence-electron chi connectivity index (χ4n) is 1.49. The zero-order chi connectivity index (χ0) is 12.4. The summed E-state index contributed by atoms with van der Waals surface area (Å²) in [6, 6.07) is 7.10. The molecule has 3 rings (SSSR count). The smallest absolute Gasteiger partial charge is 0.237 e. The largest absolute Gasteiger partial charge is 0.454 e. The van der Waals surface area contributed by atoms with E-state index in [2.05, 4.69) is 9.97 Å². The lowest BCUT2D eigenvalue weighted by Gasteiger charge is -2.04. The van der Waals surface area contributed by atoms with Gasteiger partial charge in [0.2, 0.25) is 12.7 Å². The highest BCUT2D eigenvalue weighted by Crippen LogP contribution is 2.36. The molecular formula is C12H7N3O3. The highest BCUT2D eigenvalue weighted by atomic mass is 16.7. The van der Waals surface area contributed by atoms with Crippen molar-refractivity contribution >= 4 is 0 Å². The van der Waals surface area contributed by atoms with Crippen molar-refractivity contribution in [2.24, 2.45) is 0 Å². The zero-order valence-corrected chi connectivity index (χ0v) is 9.16. The van der Waals surface area contributed by atoms with Gasteiger partial charge in [0.25, 0.3) is 0 Å². The molecule has 0 amide bonds. The molecule has 18 heavy (non-hydrogen) atoms. The predicted octanol–water partition coefficient (Wildman–Crippen LogP) is 1.87. The van der Waals surface area contributed by atoms with Crippen molar-refractivity contribution in [1.82, 2.24) is 9.97 Å². The van der Waals surface area contributed by atoms with E-state index >= 15 is 0 Å². The first-order valence-electron chi connectivity index (χ1n) is 5.15. The van der Waals surface area contributed by atoms with Crippen molar-refractivity contribution in [3.8, 4) is 29.2 Å². The Labute approximate surface area is 102 Å². The Kier molecular flexibility index (Phi) is 2.43. The third kappa shape index (κ3) is 1.89. The molecule has 1 aliphatic heterocycles. The van der Waals surface area contributed by atoms with E-state index in [1.54, 1.807) is 18.2 Å². The standard InChI is InChI=1S/C12H7N3O3/c13-4-8-5-15-12(6-14-8)18-9-1-2-10-11(3-9)17-7-16-10/h1-3,5-6H,7H2. The monoisotopic (exact) mass is 241 g/mol. The van der Waals surface area contributed by atoms with Crippen LogP contribution >= 0.6 is 0 Å². The second-order valence-corrected chi connectivity index (χ2v) is 3.47. The minimum absolute atomic E-state index is 0.218. The Bertz CT molecular complexity index is 619. The number of benzene rings is 1. The molecule has 0 radical (unpaired) electrons. The van der Waals surface area contributed by atoms with Crippen LogP contribution in [-0.2, 0) is 0 Å². The Morgan fingerprint density at radius 3 is 2.83 bits per heavy atom. The van der Waals surface area contributed by atoms with Gasteiger partial charge in [-0.2, -0.15) is 5.26 Å². The van der Waals surface area contributed by atoms with Crippen LogP contribution in [0.1, 0.15) is 5.69 Å². The maximum absolute atomic E-state index is 8.60. The summed E-state index contributed by atoms with van der Waals surface area (Å²) in [7, 11) is 0. The number of nitriles is 1. The van der Waals surface area contributed by atoms with Gasteiger partial charge in [-0.1, -0.05) is 0 Å². The first-order valence-corrected chi connectivity index (χ1v) is 5.15. The number of ether oxygens (including phenoxy) is 3. The molecule has 0 bridgehead atoms. The van der Waals surface area contributed by atoms with Gasteiger partial charge >= 0.3 is 0 Å². The van der Waals surface area contributed by atoms with E-state index in [0.29, 0.717) is 23.1 Å². The van der Waals surface area contributed by atoms with Crippen molar-refractivity contribution in [2.45, 2.75) is 0 Å². The summed E-state index contributed by atoms with van der Waals surface area (Å²) in [6.45, 7) is 0.218. The van der Waals surface area contributed by atoms with Crippen LogP contribution in [0.3, 0.4) is 0 Å². The number of fused-ring (bicyclic) bond motifs is 1. The molecule has 0 aliphatic carbocycles. The summed E-state index contributed by atoms with van der Waals surface area (Å²) in [5.74, 6) is 2.20. The molecule has 1 aromatic heterocycles. The molecule has 1 aliphatic rings. The highest BCUT2D eigenvalue weighted by Gasteiger charge is 2.14. The van der Waals surface area contributed by atoms with Gasteiger partial charge in [0.1, 0.15) is 11.8 Å². The second-order valence-electron chi connectivity index (χ2n) is 3.47. The lowest BCUT2D eigenvalue weighted by Crippen LogP contribution is -1.93. The maximum atomic E-state index is 8.60. The molecule has 0 saturated carbocycles. The van der Waals surface area contributed by atoms with Crippen molar-refractivity contribution in [1.29, 1.82) is 5.26 Å². The topological polar surface area (TPSA) is 77.3 Å². The van der Waals surface area contributed by atoms with Gasteiger partial charge in [0.15, 0.2) is 17.2 Å². The molecule has 0 saturated heterocycles. The number of aromatic nitrogens is 2. The van der Waals surface area contributed by atoms with E-state index < -0.39 is 0 Å². The molecule has 0 N–H and O–H groups in total. The van der Waals surface area contributed by atoms with Crippen LogP contribution < -0.4 is 14.2 Å². The summed E-state index contributed by atoms with van der Waals surface area (Å²) in [4.78, 5) is 7.82. The lowest BCUT2D eigenvalue weighted by molar-refractivity contribution is 0.174. The average molecular weight is 241 g/mol. The van der Waals surface area contributed by atoms with Gasteiger partial charge in [0, 0.05) is 6.07 Å². The Morgan fingerprint density at radius 1 is 1.17 bits per heavy atom. The second kappa shape index (κ2) is 4.22. The van der Waals surface area contributed by atoms with Crippen molar-refractivity contribution in [3.05, 3.63) is 36.3 Å². The van der Waals surface area contributed by atoms with E-state index in [9.17, 15) is 0 Å². The molecule has 6 heteroatoms. The summed E-state index contributed by atoms with van der Waals surface area (Å²) < 4.78 is 15.9. The molecule has 0 fully saturated rings. The highest BCUT2D eigenvalue weighted by molar-refractivity contribution is 5.47. The van der Waals surface area contributed by atoms with Crippen LogP contribution in [0.4, 0.5) is 0 Å². The van der Waals surface area contributed by atoms with E-state index in [-0.39, 0.29) is 12.5 Å². The lowest BCUT2D eigenvalue weighted by atomic mass is 10.3. The van der Waals surface area contributed by atoms with Crippen LogP contribution in [0.25, 0.3) is 0 Å². The molecule has 6 nitrogen and oxygen atoms in total. The van der Waals surface area contributed by atoms with Gasteiger partial charge in [-0.05, 0) is 12.1 Å². The normalized spacial score (nSPS) is 11.9. The molecule has 0 unspecified atom stereocenters.